The molecule has 0 aliphatic rings. The van der Waals surface area contributed by atoms with Crippen LogP contribution in [-0.4, -0.2) is 36.5 Å². The molecule has 0 fully saturated rings. The van der Waals surface area contributed by atoms with Crippen LogP contribution < -0.4 is 11.1 Å². The van der Waals surface area contributed by atoms with E-state index in [4.69, 9.17) is 15.6 Å². The van der Waals surface area contributed by atoms with Crippen molar-refractivity contribution in [3.05, 3.63) is 28.9 Å². The predicted molar refractivity (Wildman–Crippen MR) is 80.2 cm³/mol. The van der Waals surface area contributed by atoms with Gasteiger partial charge in [0.05, 0.1) is 19.8 Å². The number of ether oxygens (including phenoxy) is 1. The van der Waals surface area contributed by atoms with Gasteiger partial charge in [0.25, 0.3) is 0 Å². The number of hydrogen-bond donors (Lipinski definition) is 3. The van der Waals surface area contributed by atoms with E-state index in [1.54, 1.807) is 6.20 Å². The van der Waals surface area contributed by atoms with Crippen LogP contribution in [0.3, 0.4) is 0 Å². The first kappa shape index (κ1) is 14.0. The Bertz CT molecular complexity index is 563. The summed E-state index contributed by atoms with van der Waals surface area (Å²) in [7, 11) is 0. The first-order chi connectivity index (χ1) is 9.22. The van der Waals surface area contributed by atoms with Crippen LogP contribution in [0.25, 0.3) is 10.8 Å². The summed E-state index contributed by atoms with van der Waals surface area (Å²) >= 11 is 3.43. The largest absolute Gasteiger partial charge is 0.398 e. The zero-order chi connectivity index (χ0) is 13.7. The number of halogens is 1. The molecule has 0 bridgehead atoms. The smallest absolute Gasteiger partial charge is 0.134 e. The van der Waals surface area contributed by atoms with Gasteiger partial charge in [0.15, 0.2) is 0 Å². The van der Waals surface area contributed by atoms with Gasteiger partial charge in [-0.2, -0.15) is 0 Å². The van der Waals surface area contributed by atoms with Crippen LogP contribution in [0.4, 0.5) is 11.5 Å². The van der Waals surface area contributed by atoms with Gasteiger partial charge >= 0.3 is 0 Å². The lowest BCUT2D eigenvalue weighted by atomic mass is 10.1. The standard InChI is InChI=1S/C13H16BrN3O2/c14-9-7-11-10(12(15)8-9)1-2-16-13(11)17-3-5-19-6-4-18/h1-2,7-8,18H,3-6,15H2,(H,16,17). The van der Waals surface area contributed by atoms with Crippen LogP contribution >= 0.6 is 15.9 Å². The van der Waals surface area contributed by atoms with Crippen molar-refractivity contribution in [2.24, 2.45) is 0 Å². The lowest BCUT2D eigenvalue weighted by molar-refractivity contribution is 0.0992. The minimum absolute atomic E-state index is 0.0377. The van der Waals surface area contributed by atoms with Gasteiger partial charge in [-0.1, -0.05) is 15.9 Å². The normalized spacial score (nSPS) is 10.8. The highest BCUT2D eigenvalue weighted by molar-refractivity contribution is 9.10. The highest BCUT2D eigenvalue weighted by atomic mass is 79.9. The van der Waals surface area contributed by atoms with E-state index >= 15 is 0 Å². The summed E-state index contributed by atoms with van der Waals surface area (Å²) in [6.45, 7) is 1.53. The Morgan fingerprint density at radius 2 is 2.16 bits per heavy atom. The molecule has 6 heteroatoms. The van der Waals surface area contributed by atoms with Crippen molar-refractivity contribution in [1.82, 2.24) is 4.98 Å². The third kappa shape index (κ3) is 3.56. The third-order valence-corrected chi connectivity index (χ3v) is 3.11. The molecule has 0 aliphatic carbocycles. The molecule has 0 amide bonds. The van der Waals surface area contributed by atoms with Gasteiger partial charge in [-0.25, -0.2) is 4.98 Å². The number of nitrogens with one attached hydrogen (secondary N) is 1. The number of rotatable bonds is 6. The average Bonchev–Trinajstić information content (AvgIpc) is 2.39. The number of nitrogen functional groups attached to an aromatic ring is 1. The van der Waals surface area contributed by atoms with Crippen LogP contribution in [0, 0.1) is 0 Å². The molecule has 0 spiro atoms. The molecule has 4 N–H and O–H groups in total. The maximum absolute atomic E-state index is 8.61. The minimum atomic E-state index is 0.0377. The molecular formula is C13H16BrN3O2. The van der Waals surface area contributed by atoms with E-state index in [1.165, 1.54) is 0 Å². The summed E-state index contributed by atoms with van der Waals surface area (Å²) in [4.78, 5) is 4.31. The number of benzene rings is 1. The molecule has 2 rings (SSSR count). The number of anilines is 2. The molecular weight excluding hydrogens is 310 g/mol. The Balaban J connectivity index is 2.14. The Hall–Kier alpha value is -1.37. The van der Waals surface area contributed by atoms with E-state index < -0.39 is 0 Å². The maximum atomic E-state index is 8.61. The zero-order valence-corrected chi connectivity index (χ0v) is 12.0. The van der Waals surface area contributed by atoms with Gasteiger partial charge in [-0.15, -0.1) is 0 Å². The van der Waals surface area contributed by atoms with Crippen molar-refractivity contribution in [3.63, 3.8) is 0 Å². The van der Waals surface area contributed by atoms with E-state index in [0.717, 1.165) is 21.1 Å². The number of hydrogen-bond acceptors (Lipinski definition) is 5. The fourth-order valence-electron chi connectivity index (χ4n) is 1.83. The molecule has 1 heterocycles. The molecule has 1 aromatic carbocycles. The minimum Gasteiger partial charge on any atom is -0.398 e. The van der Waals surface area contributed by atoms with Gasteiger partial charge < -0.3 is 20.9 Å². The lowest BCUT2D eigenvalue weighted by Crippen LogP contribution is -2.12. The fourth-order valence-corrected chi connectivity index (χ4v) is 2.30. The van der Waals surface area contributed by atoms with E-state index in [2.05, 4.69) is 26.2 Å². The van der Waals surface area contributed by atoms with Crippen molar-refractivity contribution in [1.29, 1.82) is 0 Å². The summed E-state index contributed by atoms with van der Waals surface area (Å²) in [6.07, 6.45) is 1.73. The molecule has 0 unspecified atom stereocenters. The Morgan fingerprint density at radius 3 is 2.95 bits per heavy atom. The first-order valence-electron chi connectivity index (χ1n) is 5.98. The topological polar surface area (TPSA) is 80.4 Å². The molecule has 0 atom stereocenters. The monoisotopic (exact) mass is 325 g/mol. The van der Waals surface area contributed by atoms with Gasteiger partial charge in [0, 0.05) is 33.7 Å². The Labute approximate surface area is 119 Å². The molecule has 0 saturated carbocycles. The number of aromatic nitrogens is 1. The highest BCUT2D eigenvalue weighted by Gasteiger charge is 2.05. The number of pyridine rings is 1. The van der Waals surface area contributed by atoms with Gasteiger partial charge in [0.2, 0.25) is 0 Å². The van der Waals surface area contributed by atoms with E-state index in [0.29, 0.717) is 25.4 Å². The van der Waals surface area contributed by atoms with Crippen molar-refractivity contribution >= 4 is 38.2 Å². The molecule has 102 valence electrons. The molecule has 2 aromatic rings. The molecule has 0 aliphatic heterocycles. The highest BCUT2D eigenvalue weighted by Crippen LogP contribution is 2.29. The summed E-state index contributed by atoms with van der Waals surface area (Å²) in [5.41, 5.74) is 6.70. The van der Waals surface area contributed by atoms with E-state index in [9.17, 15) is 0 Å². The second kappa shape index (κ2) is 6.70. The second-order valence-corrected chi connectivity index (χ2v) is 4.93. The predicted octanol–water partition coefficient (Wildman–Crippen LogP) is 2.00. The summed E-state index contributed by atoms with van der Waals surface area (Å²) in [6, 6.07) is 5.75. The Kier molecular flexibility index (Phi) is 4.95. The van der Waals surface area contributed by atoms with Crippen LogP contribution in [0.5, 0.6) is 0 Å². The average molecular weight is 326 g/mol. The molecule has 1 aromatic heterocycles. The van der Waals surface area contributed by atoms with E-state index in [-0.39, 0.29) is 6.61 Å². The molecule has 5 nitrogen and oxygen atoms in total. The zero-order valence-electron chi connectivity index (χ0n) is 10.4. The van der Waals surface area contributed by atoms with Crippen molar-refractivity contribution < 1.29 is 9.84 Å². The van der Waals surface area contributed by atoms with Gasteiger partial charge in [-0.05, 0) is 18.2 Å². The molecule has 0 radical (unpaired) electrons. The number of aliphatic hydroxyl groups is 1. The SMILES string of the molecule is Nc1cc(Br)cc2c(NCCOCCO)nccc12. The number of nitrogens with two attached hydrogens (primary N) is 1. The maximum Gasteiger partial charge on any atom is 0.134 e. The third-order valence-electron chi connectivity index (χ3n) is 2.65. The van der Waals surface area contributed by atoms with Crippen molar-refractivity contribution in [2.45, 2.75) is 0 Å². The van der Waals surface area contributed by atoms with Gasteiger partial charge in [0.1, 0.15) is 5.82 Å². The number of nitrogens with zero attached hydrogens (tertiary/aromatic N) is 1. The van der Waals surface area contributed by atoms with Gasteiger partial charge in [-0.3, -0.25) is 0 Å². The van der Waals surface area contributed by atoms with Crippen LogP contribution in [0.1, 0.15) is 0 Å². The summed E-state index contributed by atoms with van der Waals surface area (Å²) in [5.74, 6) is 0.776. The lowest BCUT2D eigenvalue weighted by Gasteiger charge is -2.10. The molecule has 0 saturated heterocycles. The van der Waals surface area contributed by atoms with Crippen molar-refractivity contribution in [3.8, 4) is 0 Å². The number of fused-ring (bicyclic) bond motifs is 1. The fraction of sp³-hybridized carbons (Fsp3) is 0.308. The number of aliphatic hydroxyl groups excluding tert-OH is 1. The molecule has 19 heavy (non-hydrogen) atoms. The van der Waals surface area contributed by atoms with Crippen LogP contribution in [-0.2, 0) is 4.74 Å². The second-order valence-electron chi connectivity index (χ2n) is 4.01. The van der Waals surface area contributed by atoms with Crippen molar-refractivity contribution in [2.75, 3.05) is 37.4 Å². The summed E-state index contributed by atoms with van der Waals surface area (Å²) < 4.78 is 6.11. The summed E-state index contributed by atoms with van der Waals surface area (Å²) in [5, 5.41) is 13.8. The van der Waals surface area contributed by atoms with E-state index in [1.807, 2.05) is 18.2 Å². The Morgan fingerprint density at radius 1 is 1.32 bits per heavy atom. The first-order valence-corrected chi connectivity index (χ1v) is 6.78. The quantitative estimate of drug-likeness (QED) is 0.559. The van der Waals surface area contributed by atoms with Crippen LogP contribution in [0.2, 0.25) is 0 Å². The van der Waals surface area contributed by atoms with Crippen LogP contribution in [0.15, 0.2) is 28.9 Å².